The third kappa shape index (κ3) is 5.44. The first-order valence-electron chi connectivity index (χ1n) is 7.95. The summed E-state index contributed by atoms with van der Waals surface area (Å²) in [6.45, 7) is 0. The molecular weight excluding hydrogens is 272 g/mol. The van der Waals surface area contributed by atoms with Crippen molar-refractivity contribution in [1.29, 1.82) is 0 Å². The summed E-state index contributed by atoms with van der Waals surface area (Å²) in [6.07, 6.45) is 7.97. The number of amides is 1. The first kappa shape index (κ1) is 17.6. The predicted octanol–water partition coefficient (Wildman–Crippen LogP) is 2.75. The lowest BCUT2D eigenvalue weighted by Gasteiger charge is -2.24. The van der Waals surface area contributed by atoms with E-state index in [-0.39, 0.29) is 31.5 Å². The van der Waals surface area contributed by atoms with Crippen molar-refractivity contribution in [2.45, 2.75) is 82.6 Å². The van der Waals surface area contributed by atoms with Gasteiger partial charge in [-0.15, -0.1) is 0 Å². The van der Waals surface area contributed by atoms with Crippen molar-refractivity contribution < 1.29 is 14.5 Å². The SMILES string of the molecule is NC(=O)CCC1([N+](=O)[O-])CCCCCCCCCCC1=O. The van der Waals surface area contributed by atoms with Crippen LogP contribution in [0.1, 0.15) is 77.0 Å². The normalized spacial score (nSPS) is 25.6. The number of nitro groups is 1. The lowest BCUT2D eigenvalue weighted by atomic mass is 9.81. The van der Waals surface area contributed by atoms with Gasteiger partial charge in [0.25, 0.3) is 5.54 Å². The van der Waals surface area contributed by atoms with Crippen LogP contribution in [0.15, 0.2) is 0 Å². The largest absolute Gasteiger partial charge is 0.370 e. The summed E-state index contributed by atoms with van der Waals surface area (Å²) in [4.78, 5) is 34.5. The van der Waals surface area contributed by atoms with Crippen LogP contribution in [0.25, 0.3) is 0 Å². The van der Waals surface area contributed by atoms with Crippen molar-refractivity contribution in [3.05, 3.63) is 10.1 Å². The number of rotatable bonds is 4. The Kier molecular flexibility index (Phi) is 7.32. The van der Waals surface area contributed by atoms with Crippen LogP contribution in [0.5, 0.6) is 0 Å². The Balaban J connectivity index is 2.85. The highest BCUT2D eigenvalue weighted by Gasteiger charge is 2.48. The number of hydrogen-bond donors (Lipinski definition) is 1. The lowest BCUT2D eigenvalue weighted by molar-refractivity contribution is -0.554. The molecule has 0 aromatic heterocycles. The molecule has 0 radical (unpaired) electrons. The quantitative estimate of drug-likeness (QED) is 0.636. The molecule has 0 aromatic carbocycles. The van der Waals surface area contributed by atoms with Gasteiger partial charge in [-0.25, -0.2) is 0 Å². The van der Waals surface area contributed by atoms with E-state index in [1.165, 1.54) is 6.42 Å². The smallest absolute Gasteiger partial charge is 0.279 e. The molecule has 21 heavy (non-hydrogen) atoms. The van der Waals surface area contributed by atoms with Crippen LogP contribution in [-0.2, 0) is 9.59 Å². The highest BCUT2D eigenvalue weighted by atomic mass is 16.6. The molecule has 1 aliphatic carbocycles. The number of ketones is 1. The fourth-order valence-corrected chi connectivity index (χ4v) is 3.01. The zero-order valence-corrected chi connectivity index (χ0v) is 12.6. The molecule has 2 N–H and O–H groups in total. The van der Waals surface area contributed by atoms with Gasteiger partial charge in [0.1, 0.15) is 0 Å². The number of nitrogens with zero attached hydrogens (tertiary/aromatic N) is 1. The Morgan fingerprint density at radius 1 is 1.10 bits per heavy atom. The second-order valence-corrected chi connectivity index (χ2v) is 6.01. The van der Waals surface area contributed by atoms with E-state index in [0.29, 0.717) is 12.8 Å². The minimum atomic E-state index is -1.60. The van der Waals surface area contributed by atoms with Gasteiger partial charge in [-0.3, -0.25) is 19.7 Å². The molecule has 1 rings (SSSR count). The van der Waals surface area contributed by atoms with Crippen LogP contribution >= 0.6 is 0 Å². The maximum absolute atomic E-state index is 12.4. The van der Waals surface area contributed by atoms with Crippen LogP contribution in [0.3, 0.4) is 0 Å². The van der Waals surface area contributed by atoms with Crippen molar-refractivity contribution in [2.75, 3.05) is 0 Å². The van der Waals surface area contributed by atoms with Gasteiger partial charge >= 0.3 is 0 Å². The Hall–Kier alpha value is -1.46. The van der Waals surface area contributed by atoms with E-state index in [1.54, 1.807) is 0 Å². The van der Waals surface area contributed by atoms with Crippen LogP contribution < -0.4 is 5.73 Å². The molecule has 6 heteroatoms. The molecule has 6 nitrogen and oxygen atoms in total. The standard InChI is InChI=1S/C15H26N2O4/c16-14(19)10-12-15(17(20)21)11-8-6-4-2-1-3-5-7-9-13(15)18/h1-12H2,(H2,16,19). The average molecular weight is 298 g/mol. The van der Waals surface area contributed by atoms with E-state index >= 15 is 0 Å². The third-order valence-electron chi connectivity index (χ3n) is 4.40. The maximum atomic E-state index is 12.4. The number of nitrogens with two attached hydrogens (primary N) is 1. The van der Waals surface area contributed by atoms with Gasteiger partial charge in [-0.2, -0.15) is 0 Å². The molecule has 1 aliphatic rings. The summed E-state index contributed by atoms with van der Waals surface area (Å²) >= 11 is 0. The van der Waals surface area contributed by atoms with Gasteiger partial charge < -0.3 is 5.73 Å². The molecule has 1 fully saturated rings. The fraction of sp³-hybridized carbons (Fsp3) is 0.867. The van der Waals surface area contributed by atoms with Gasteiger partial charge in [0.2, 0.25) is 11.7 Å². The zero-order chi connectivity index (χ0) is 15.7. The highest BCUT2D eigenvalue weighted by Crippen LogP contribution is 2.29. The van der Waals surface area contributed by atoms with Crippen LogP contribution in [0, 0.1) is 10.1 Å². The third-order valence-corrected chi connectivity index (χ3v) is 4.40. The molecule has 1 saturated carbocycles. The predicted molar refractivity (Wildman–Crippen MR) is 79.3 cm³/mol. The van der Waals surface area contributed by atoms with Gasteiger partial charge in [-0.05, 0) is 12.8 Å². The molecule has 0 saturated heterocycles. The number of carbonyl (C=O) groups excluding carboxylic acids is 2. The van der Waals surface area contributed by atoms with Crippen molar-refractivity contribution in [3.63, 3.8) is 0 Å². The summed E-state index contributed by atoms with van der Waals surface area (Å²) in [7, 11) is 0. The van der Waals surface area contributed by atoms with Gasteiger partial charge in [0.05, 0.1) is 0 Å². The molecule has 0 aromatic rings. The first-order valence-corrected chi connectivity index (χ1v) is 7.95. The van der Waals surface area contributed by atoms with Gasteiger partial charge in [0, 0.05) is 30.6 Å². The van der Waals surface area contributed by atoms with E-state index in [0.717, 1.165) is 32.1 Å². The van der Waals surface area contributed by atoms with E-state index in [2.05, 4.69) is 0 Å². The molecule has 0 aliphatic heterocycles. The van der Waals surface area contributed by atoms with Crippen molar-refractivity contribution in [3.8, 4) is 0 Å². The van der Waals surface area contributed by atoms with Crippen molar-refractivity contribution in [1.82, 2.24) is 0 Å². The van der Waals surface area contributed by atoms with Gasteiger partial charge in [-0.1, -0.05) is 38.5 Å². The summed E-state index contributed by atoms with van der Waals surface area (Å²) < 4.78 is 0. The Bertz CT molecular complexity index is 384. The topological polar surface area (TPSA) is 103 Å². The maximum Gasteiger partial charge on any atom is 0.279 e. The van der Waals surface area contributed by atoms with Crippen molar-refractivity contribution in [2.24, 2.45) is 5.73 Å². The molecule has 0 bridgehead atoms. The first-order chi connectivity index (χ1) is 9.99. The number of carbonyl (C=O) groups is 2. The highest BCUT2D eigenvalue weighted by molar-refractivity contribution is 5.87. The molecule has 1 unspecified atom stereocenters. The molecule has 0 heterocycles. The summed E-state index contributed by atoms with van der Waals surface area (Å²) in [6, 6.07) is 0. The Labute approximate surface area is 125 Å². The van der Waals surface area contributed by atoms with Crippen LogP contribution in [0.4, 0.5) is 0 Å². The number of hydrogen-bond acceptors (Lipinski definition) is 4. The Morgan fingerprint density at radius 3 is 2.14 bits per heavy atom. The van der Waals surface area contributed by atoms with Crippen LogP contribution in [-0.4, -0.2) is 22.2 Å². The second kappa shape index (κ2) is 8.74. The van der Waals surface area contributed by atoms with E-state index < -0.39 is 16.4 Å². The summed E-state index contributed by atoms with van der Waals surface area (Å²) in [5.74, 6) is -0.913. The second-order valence-electron chi connectivity index (χ2n) is 6.01. The lowest BCUT2D eigenvalue weighted by Crippen LogP contribution is -2.47. The number of primary amides is 1. The van der Waals surface area contributed by atoms with Gasteiger partial charge in [0.15, 0.2) is 0 Å². The molecular formula is C15H26N2O4. The monoisotopic (exact) mass is 298 g/mol. The molecule has 1 atom stereocenters. The minimum absolute atomic E-state index is 0.0613. The van der Waals surface area contributed by atoms with E-state index in [9.17, 15) is 19.7 Å². The van der Waals surface area contributed by atoms with Crippen molar-refractivity contribution >= 4 is 11.7 Å². The van der Waals surface area contributed by atoms with E-state index in [4.69, 9.17) is 5.73 Å². The summed E-state index contributed by atoms with van der Waals surface area (Å²) in [5.41, 5.74) is 3.51. The summed E-state index contributed by atoms with van der Waals surface area (Å²) in [5, 5.41) is 11.5. The van der Waals surface area contributed by atoms with Crippen LogP contribution in [0.2, 0.25) is 0 Å². The molecule has 1 amide bonds. The molecule has 0 spiro atoms. The zero-order valence-electron chi connectivity index (χ0n) is 12.6. The Morgan fingerprint density at radius 2 is 1.62 bits per heavy atom. The number of Topliss-reactive ketones (excluding diaryl/α,β-unsaturated/α-hetero) is 1. The van der Waals surface area contributed by atoms with E-state index in [1.807, 2.05) is 0 Å². The molecule has 120 valence electrons. The minimum Gasteiger partial charge on any atom is -0.370 e. The fourth-order valence-electron chi connectivity index (χ4n) is 3.01. The average Bonchev–Trinajstić information content (AvgIpc) is 2.41.